The van der Waals surface area contributed by atoms with E-state index < -0.39 is 0 Å². The average Bonchev–Trinajstić information content (AvgIpc) is 2.70. The van der Waals surface area contributed by atoms with E-state index in [-0.39, 0.29) is 0 Å². The van der Waals surface area contributed by atoms with E-state index in [1.54, 1.807) is 23.1 Å². The van der Waals surface area contributed by atoms with Crippen LogP contribution in [0.15, 0.2) is 4.34 Å². The van der Waals surface area contributed by atoms with Gasteiger partial charge in [0.15, 0.2) is 4.34 Å². The number of thioether (sulfide) groups is 1. The van der Waals surface area contributed by atoms with E-state index in [1.165, 1.54) is 17.8 Å². The predicted octanol–water partition coefficient (Wildman–Crippen LogP) is 2.14. The molecule has 1 aromatic rings. The van der Waals surface area contributed by atoms with Crippen molar-refractivity contribution in [2.45, 2.75) is 23.1 Å². The van der Waals surface area contributed by atoms with Crippen LogP contribution in [0, 0.1) is 0 Å². The molecule has 4 heteroatoms. The molecule has 1 heterocycles. The van der Waals surface area contributed by atoms with Gasteiger partial charge in [-0.3, -0.25) is 0 Å². The molecule has 0 spiro atoms. The Bertz CT molecular complexity index is 229. The average molecular weight is 172 g/mol. The summed E-state index contributed by atoms with van der Waals surface area (Å²) in [4.78, 5) is 0. The number of nitrogens with zero attached hydrogens (tertiary/aromatic N) is 2. The van der Waals surface area contributed by atoms with Gasteiger partial charge in [-0.05, 0) is 19.1 Å². The Morgan fingerprint density at radius 2 is 2.30 bits per heavy atom. The van der Waals surface area contributed by atoms with E-state index >= 15 is 0 Å². The van der Waals surface area contributed by atoms with Crippen molar-refractivity contribution in [1.82, 2.24) is 10.2 Å². The largest absolute Gasteiger partial charge is 0.174 e. The Hall–Kier alpha value is -0.0900. The highest BCUT2D eigenvalue weighted by atomic mass is 32.2. The number of hydrogen-bond acceptors (Lipinski definition) is 4. The Labute approximate surface area is 68.1 Å². The zero-order valence-electron chi connectivity index (χ0n) is 5.70. The topological polar surface area (TPSA) is 25.8 Å². The van der Waals surface area contributed by atoms with E-state index in [9.17, 15) is 0 Å². The van der Waals surface area contributed by atoms with Crippen LogP contribution < -0.4 is 0 Å². The molecule has 1 aliphatic rings. The van der Waals surface area contributed by atoms with E-state index in [2.05, 4.69) is 10.2 Å². The number of hydrogen-bond donors (Lipinski definition) is 0. The van der Waals surface area contributed by atoms with Crippen molar-refractivity contribution >= 4 is 23.1 Å². The van der Waals surface area contributed by atoms with Gasteiger partial charge in [0.2, 0.25) is 0 Å². The van der Waals surface area contributed by atoms with Gasteiger partial charge in [0.05, 0.1) is 0 Å². The van der Waals surface area contributed by atoms with Crippen LogP contribution in [0.4, 0.5) is 0 Å². The summed E-state index contributed by atoms with van der Waals surface area (Å²) in [5.74, 6) is 0.762. The highest BCUT2D eigenvalue weighted by molar-refractivity contribution is 8.00. The van der Waals surface area contributed by atoms with Crippen molar-refractivity contribution in [2.24, 2.45) is 0 Å². The molecule has 0 aromatic carbocycles. The fourth-order valence-electron chi connectivity index (χ4n) is 0.798. The summed E-state index contributed by atoms with van der Waals surface area (Å²) < 4.78 is 1.10. The van der Waals surface area contributed by atoms with Crippen molar-refractivity contribution in [1.29, 1.82) is 0 Å². The van der Waals surface area contributed by atoms with E-state index in [4.69, 9.17) is 0 Å². The van der Waals surface area contributed by atoms with Gasteiger partial charge < -0.3 is 0 Å². The number of aromatic nitrogens is 2. The standard InChI is InChI=1S/C6H8N2S2/c1-9-6-8-7-5(10-6)4-2-3-4/h4H,2-3H2,1H3. The maximum atomic E-state index is 4.10. The first-order chi connectivity index (χ1) is 4.90. The second-order valence-corrected chi connectivity index (χ2v) is 4.45. The van der Waals surface area contributed by atoms with Gasteiger partial charge >= 0.3 is 0 Å². The van der Waals surface area contributed by atoms with E-state index in [1.807, 2.05) is 6.26 Å². The lowest BCUT2D eigenvalue weighted by molar-refractivity contribution is 0.938. The zero-order chi connectivity index (χ0) is 6.97. The molecule has 0 N–H and O–H groups in total. The molecule has 1 aromatic heterocycles. The minimum Gasteiger partial charge on any atom is -0.142 e. The molecule has 10 heavy (non-hydrogen) atoms. The Balaban J connectivity index is 2.19. The molecule has 1 saturated carbocycles. The van der Waals surface area contributed by atoms with Crippen LogP contribution in [0.2, 0.25) is 0 Å². The molecule has 0 unspecified atom stereocenters. The summed E-state index contributed by atoms with van der Waals surface area (Å²) in [6.45, 7) is 0. The fraction of sp³-hybridized carbons (Fsp3) is 0.667. The monoisotopic (exact) mass is 172 g/mol. The minimum absolute atomic E-state index is 0.762. The minimum atomic E-state index is 0.762. The Morgan fingerprint density at radius 1 is 1.50 bits per heavy atom. The molecule has 2 rings (SSSR count). The molecule has 2 nitrogen and oxygen atoms in total. The Morgan fingerprint density at radius 3 is 2.80 bits per heavy atom. The SMILES string of the molecule is CSc1nnc(C2CC2)s1. The highest BCUT2D eigenvalue weighted by Gasteiger charge is 2.27. The van der Waals surface area contributed by atoms with Crippen molar-refractivity contribution < 1.29 is 0 Å². The number of rotatable bonds is 2. The van der Waals surface area contributed by atoms with E-state index in [0.29, 0.717) is 0 Å². The first-order valence-corrected chi connectivity index (χ1v) is 5.31. The third-order valence-electron chi connectivity index (χ3n) is 1.52. The van der Waals surface area contributed by atoms with Gasteiger partial charge in [-0.2, -0.15) is 0 Å². The van der Waals surface area contributed by atoms with Gasteiger partial charge in [0.1, 0.15) is 5.01 Å². The second-order valence-electron chi connectivity index (χ2n) is 2.38. The molecular weight excluding hydrogens is 164 g/mol. The molecule has 54 valence electrons. The first kappa shape index (κ1) is 6.61. The van der Waals surface area contributed by atoms with Crippen LogP contribution in [0.1, 0.15) is 23.8 Å². The molecule has 0 saturated heterocycles. The van der Waals surface area contributed by atoms with Crippen LogP contribution in [0.25, 0.3) is 0 Å². The van der Waals surface area contributed by atoms with Gasteiger partial charge in [-0.15, -0.1) is 10.2 Å². The third-order valence-corrected chi connectivity index (χ3v) is 3.58. The predicted molar refractivity (Wildman–Crippen MR) is 43.7 cm³/mol. The molecule has 0 aliphatic heterocycles. The quantitative estimate of drug-likeness (QED) is 0.639. The maximum Gasteiger partial charge on any atom is 0.174 e. The molecule has 0 atom stereocenters. The lowest BCUT2D eigenvalue weighted by Gasteiger charge is -1.80. The summed E-state index contributed by atoms with van der Waals surface area (Å²) in [6.07, 6.45) is 4.68. The summed E-state index contributed by atoms with van der Waals surface area (Å²) in [5, 5.41) is 9.36. The lowest BCUT2D eigenvalue weighted by atomic mass is 10.5. The van der Waals surface area contributed by atoms with E-state index in [0.717, 1.165) is 10.3 Å². The summed E-state index contributed by atoms with van der Waals surface area (Å²) in [6, 6.07) is 0. The molecule has 1 aliphatic carbocycles. The molecule has 0 amide bonds. The first-order valence-electron chi connectivity index (χ1n) is 3.27. The third kappa shape index (κ3) is 1.18. The molecule has 0 bridgehead atoms. The van der Waals surface area contributed by atoms with Crippen molar-refractivity contribution in [3.8, 4) is 0 Å². The highest BCUT2D eigenvalue weighted by Crippen LogP contribution is 2.42. The summed E-state index contributed by atoms with van der Waals surface area (Å²) in [7, 11) is 0. The maximum absolute atomic E-state index is 4.10. The fourth-order valence-corrected chi connectivity index (χ4v) is 2.25. The van der Waals surface area contributed by atoms with Gasteiger partial charge in [0, 0.05) is 5.92 Å². The van der Waals surface area contributed by atoms with Gasteiger partial charge in [-0.25, -0.2) is 0 Å². The van der Waals surface area contributed by atoms with Crippen LogP contribution in [-0.4, -0.2) is 16.5 Å². The van der Waals surface area contributed by atoms with Crippen molar-refractivity contribution in [3.05, 3.63) is 5.01 Å². The lowest BCUT2D eigenvalue weighted by Crippen LogP contribution is -1.74. The summed E-state index contributed by atoms with van der Waals surface area (Å²) >= 11 is 3.42. The molecule has 0 radical (unpaired) electrons. The van der Waals surface area contributed by atoms with Crippen LogP contribution in [0.3, 0.4) is 0 Å². The zero-order valence-corrected chi connectivity index (χ0v) is 7.34. The Kier molecular flexibility index (Phi) is 1.66. The van der Waals surface area contributed by atoms with Gasteiger partial charge in [0.25, 0.3) is 0 Å². The molecular formula is C6H8N2S2. The molecule has 1 fully saturated rings. The van der Waals surface area contributed by atoms with Crippen LogP contribution in [-0.2, 0) is 0 Å². The van der Waals surface area contributed by atoms with Gasteiger partial charge in [-0.1, -0.05) is 23.1 Å². The smallest absolute Gasteiger partial charge is 0.142 e. The van der Waals surface area contributed by atoms with Crippen molar-refractivity contribution in [3.63, 3.8) is 0 Å². The normalized spacial score (nSPS) is 17.7. The second kappa shape index (κ2) is 2.51. The van der Waals surface area contributed by atoms with Crippen LogP contribution in [0.5, 0.6) is 0 Å². The van der Waals surface area contributed by atoms with Crippen LogP contribution >= 0.6 is 23.1 Å². The van der Waals surface area contributed by atoms with Crippen molar-refractivity contribution in [2.75, 3.05) is 6.26 Å². The summed E-state index contributed by atoms with van der Waals surface area (Å²) in [5.41, 5.74) is 0.